The smallest absolute Gasteiger partial charge is 0.302 e. The zero-order valence-electron chi connectivity index (χ0n) is 32.3. The first-order valence-electron chi connectivity index (χ1n) is 20.2. The van der Waals surface area contributed by atoms with E-state index in [0.717, 1.165) is 69.8 Å². The second-order valence-corrected chi connectivity index (χ2v) is 19.7. The molecule has 0 aromatic heterocycles. The molecule has 2 aliphatic heterocycles. The fraction of sp³-hybridized carbons (Fsp3) is 0.881. The number of alkyl halides is 2. The molecule has 2 saturated heterocycles. The van der Waals surface area contributed by atoms with Crippen molar-refractivity contribution in [2.75, 3.05) is 26.2 Å². The zero-order chi connectivity index (χ0) is 36.2. The van der Waals surface area contributed by atoms with Crippen LogP contribution in [-0.2, 0) is 19.1 Å². The van der Waals surface area contributed by atoms with Crippen LogP contribution in [0.4, 0.5) is 8.78 Å². The second kappa shape index (κ2) is 12.1. The van der Waals surface area contributed by atoms with Crippen molar-refractivity contribution in [3.8, 4) is 0 Å². The highest BCUT2D eigenvalue weighted by atomic mass is 19.3. The number of piperidine rings is 1. The van der Waals surface area contributed by atoms with Gasteiger partial charge in [-0.05, 0) is 115 Å². The van der Waals surface area contributed by atoms with Crippen LogP contribution in [0.3, 0.4) is 0 Å². The number of rotatable bonds is 5. The van der Waals surface area contributed by atoms with Crippen LogP contribution in [0, 0.1) is 50.7 Å². The number of likely N-dealkylation sites (tertiary alicyclic amines) is 2. The lowest BCUT2D eigenvalue weighted by Gasteiger charge is -2.72. The van der Waals surface area contributed by atoms with Gasteiger partial charge in [0.25, 0.3) is 5.92 Å². The van der Waals surface area contributed by atoms with E-state index in [2.05, 4.69) is 58.3 Å². The number of ether oxygens (including phenoxy) is 1. The van der Waals surface area contributed by atoms with Crippen LogP contribution >= 0.6 is 0 Å². The maximum Gasteiger partial charge on any atom is 0.302 e. The van der Waals surface area contributed by atoms with E-state index in [9.17, 15) is 18.4 Å². The number of allylic oxidation sites excluding steroid dienone is 1. The summed E-state index contributed by atoms with van der Waals surface area (Å²) in [6, 6.07) is 0.0188. The third-order valence-electron chi connectivity index (χ3n) is 16.8. The van der Waals surface area contributed by atoms with Crippen molar-refractivity contribution in [3.05, 3.63) is 11.1 Å². The Bertz CT molecular complexity index is 1450. The Balaban J connectivity index is 1.20. The first-order chi connectivity index (χ1) is 23.3. The number of carbonyl (C=O) groups excluding carboxylic acids is 3. The second-order valence-electron chi connectivity index (χ2n) is 19.7. The summed E-state index contributed by atoms with van der Waals surface area (Å²) >= 11 is 0. The molecule has 6 nitrogen and oxygen atoms in total. The minimum atomic E-state index is -2.58. The van der Waals surface area contributed by atoms with Crippen molar-refractivity contribution in [1.29, 1.82) is 0 Å². The summed E-state index contributed by atoms with van der Waals surface area (Å²) < 4.78 is 33.9. The van der Waals surface area contributed by atoms with Gasteiger partial charge in [0.05, 0.1) is 5.41 Å². The van der Waals surface area contributed by atoms with Crippen molar-refractivity contribution < 1.29 is 27.9 Å². The molecule has 50 heavy (non-hydrogen) atoms. The monoisotopic (exact) mass is 698 g/mol. The summed E-state index contributed by atoms with van der Waals surface area (Å²) in [5.74, 6) is -1.19. The third kappa shape index (κ3) is 5.23. The van der Waals surface area contributed by atoms with Crippen molar-refractivity contribution in [2.45, 2.75) is 157 Å². The van der Waals surface area contributed by atoms with Gasteiger partial charge in [0.15, 0.2) is 5.78 Å². The predicted molar refractivity (Wildman–Crippen MR) is 190 cm³/mol. The van der Waals surface area contributed by atoms with E-state index in [-0.39, 0.29) is 76.1 Å². The van der Waals surface area contributed by atoms with E-state index in [1.165, 1.54) is 12.5 Å². The standard InChI is InChI=1S/C42H64F2N2O4/c1-26(2)34-30(48)24-41(36(49)46-21-9-10-28(46)25-45-22-19-42(43,44)20-23-45)18-17-39(7)29(35(34)41)11-12-32-38(6)15-14-33(50-27(3)47)37(4,5)31(38)13-16-40(32,39)8/h26,28-29,31-33H,9-25H2,1-8H3/t28-,29+,31-,32-,33-,38-,39+,40+,41+/m0/s1. The molecular formula is C42H64F2N2O4. The molecule has 0 radical (unpaired) electrons. The molecule has 280 valence electrons. The summed E-state index contributed by atoms with van der Waals surface area (Å²) in [4.78, 5) is 45.7. The first kappa shape index (κ1) is 36.5. The van der Waals surface area contributed by atoms with Crippen LogP contribution < -0.4 is 0 Å². The van der Waals surface area contributed by atoms with Gasteiger partial charge in [-0.1, -0.05) is 48.5 Å². The lowest BCUT2D eigenvalue weighted by molar-refractivity contribution is -0.232. The van der Waals surface area contributed by atoms with Crippen molar-refractivity contribution in [1.82, 2.24) is 9.80 Å². The molecule has 0 bridgehead atoms. The SMILES string of the molecule is CC(=O)O[C@H]1CC[C@@]2(C)[C@@H](CC[C@]3(C)[C@H]2CC[C@@H]2C4=C(C(C)C)C(=O)C[C@]4(C(=O)N4CCC[C@H]4CN4CCC(F)(F)CC4)CC[C@]23C)C1(C)C. The molecule has 7 aliphatic rings. The quantitative estimate of drug-likeness (QED) is 0.269. The largest absolute Gasteiger partial charge is 0.462 e. The van der Waals surface area contributed by atoms with Crippen molar-refractivity contribution >= 4 is 17.7 Å². The average molecular weight is 699 g/mol. The van der Waals surface area contributed by atoms with Gasteiger partial charge in [0, 0.05) is 63.8 Å². The first-order valence-corrected chi connectivity index (χ1v) is 20.2. The van der Waals surface area contributed by atoms with Crippen molar-refractivity contribution in [3.63, 3.8) is 0 Å². The molecule has 2 heterocycles. The van der Waals surface area contributed by atoms with Crippen molar-refractivity contribution in [2.24, 2.45) is 50.7 Å². The van der Waals surface area contributed by atoms with Crippen LogP contribution in [0.25, 0.3) is 0 Å². The van der Waals surface area contributed by atoms with Gasteiger partial charge in [-0.2, -0.15) is 0 Å². The number of hydrogen-bond donors (Lipinski definition) is 0. The molecule has 7 rings (SSSR count). The lowest BCUT2D eigenvalue weighted by atomic mass is 9.33. The van der Waals surface area contributed by atoms with E-state index < -0.39 is 11.3 Å². The number of carbonyl (C=O) groups is 3. The molecular weight excluding hydrogens is 634 g/mol. The number of ketones is 1. The van der Waals surface area contributed by atoms with Gasteiger partial charge < -0.3 is 14.5 Å². The molecule has 0 unspecified atom stereocenters. The number of amides is 1. The molecule has 0 aromatic rings. The number of halogens is 2. The molecule has 0 N–H and O–H groups in total. The number of esters is 1. The third-order valence-corrected chi connectivity index (χ3v) is 16.8. The van der Waals surface area contributed by atoms with Gasteiger partial charge in [-0.3, -0.25) is 14.4 Å². The van der Waals surface area contributed by atoms with E-state index in [1.807, 2.05) is 0 Å². The van der Waals surface area contributed by atoms with Crippen LogP contribution in [0.1, 0.15) is 139 Å². The predicted octanol–water partition coefficient (Wildman–Crippen LogP) is 8.62. The molecule has 5 aliphatic carbocycles. The van der Waals surface area contributed by atoms with Crippen LogP contribution in [0.2, 0.25) is 0 Å². The lowest BCUT2D eigenvalue weighted by Crippen LogP contribution is -2.66. The van der Waals surface area contributed by atoms with Gasteiger partial charge >= 0.3 is 5.97 Å². The number of hydrogen-bond acceptors (Lipinski definition) is 5. The van der Waals surface area contributed by atoms with Crippen LogP contribution in [0.5, 0.6) is 0 Å². The van der Waals surface area contributed by atoms with E-state index in [0.29, 0.717) is 44.4 Å². The van der Waals surface area contributed by atoms with E-state index in [1.54, 1.807) is 0 Å². The Morgan fingerprint density at radius 2 is 1.54 bits per heavy atom. The Hall–Kier alpha value is -1.83. The molecule has 8 heteroatoms. The highest BCUT2D eigenvalue weighted by Crippen LogP contribution is 2.77. The van der Waals surface area contributed by atoms with Gasteiger partial charge in [-0.25, -0.2) is 8.78 Å². The summed E-state index contributed by atoms with van der Waals surface area (Å²) in [6.07, 6.45) is 9.79. The molecule has 0 spiro atoms. The van der Waals surface area contributed by atoms with Gasteiger partial charge in [0.1, 0.15) is 6.10 Å². The normalized spacial score (nSPS) is 44.0. The van der Waals surface area contributed by atoms with Gasteiger partial charge in [0.2, 0.25) is 5.91 Å². The molecule has 9 atom stereocenters. The number of nitrogens with zero attached hydrogens (tertiary/aromatic N) is 2. The zero-order valence-corrected chi connectivity index (χ0v) is 32.3. The fourth-order valence-corrected chi connectivity index (χ4v) is 14.2. The summed E-state index contributed by atoms with van der Waals surface area (Å²) in [5.41, 5.74) is 1.43. The minimum Gasteiger partial charge on any atom is -0.462 e. The molecule has 4 saturated carbocycles. The summed E-state index contributed by atoms with van der Waals surface area (Å²) in [7, 11) is 0. The maximum absolute atomic E-state index is 15.2. The van der Waals surface area contributed by atoms with Crippen LogP contribution in [0.15, 0.2) is 11.1 Å². The minimum absolute atomic E-state index is 0.0188. The Morgan fingerprint density at radius 3 is 2.20 bits per heavy atom. The Labute approximate surface area is 299 Å². The van der Waals surface area contributed by atoms with Crippen LogP contribution in [-0.4, -0.2) is 71.7 Å². The molecule has 0 aromatic carbocycles. The van der Waals surface area contributed by atoms with Gasteiger partial charge in [-0.15, -0.1) is 0 Å². The fourth-order valence-electron chi connectivity index (χ4n) is 14.2. The highest BCUT2D eigenvalue weighted by Gasteiger charge is 2.71. The topological polar surface area (TPSA) is 66.9 Å². The summed E-state index contributed by atoms with van der Waals surface area (Å²) in [5, 5.41) is 0. The molecule has 1 amide bonds. The summed E-state index contributed by atoms with van der Waals surface area (Å²) in [6.45, 7) is 20.2. The van der Waals surface area contributed by atoms with E-state index in [4.69, 9.17) is 4.74 Å². The Morgan fingerprint density at radius 1 is 0.840 bits per heavy atom. The maximum atomic E-state index is 15.2. The average Bonchev–Trinajstić information content (AvgIpc) is 3.61. The molecule has 6 fully saturated rings. The number of Topliss-reactive ketones (excluding diaryl/α,β-unsaturated/α-hetero) is 1. The Kier molecular flexibility index (Phi) is 8.84. The van der Waals surface area contributed by atoms with E-state index >= 15 is 4.79 Å². The highest BCUT2D eigenvalue weighted by molar-refractivity contribution is 6.07. The number of fused-ring (bicyclic) bond motifs is 7.